The Bertz CT molecular complexity index is 264. The summed E-state index contributed by atoms with van der Waals surface area (Å²) in [4.78, 5) is 23.2. The second-order valence-electron chi connectivity index (χ2n) is 5.03. The second-order valence-corrected chi connectivity index (χ2v) is 5.03. The third-order valence-electron chi connectivity index (χ3n) is 2.19. The van der Waals surface area contributed by atoms with Crippen LogP contribution in [0.1, 0.15) is 41.0 Å². The Kier molecular flexibility index (Phi) is 8.16. The lowest BCUT2D eigenvalue weighted by Crippen LogP contribution is -2.45. The quantitative estimate of drug-likeness (QED) is 0.713. The van der Waals surface area contributed by atoms with Crippen LogP contribution in [0.15, 0.2) is 0 Å². The van der Waals surface area contributed by atoms with Gasteiger partial charge in [-0.25, -0.2) is 9.59 Å². The van der Waals surface area contributed by atoms with Gasteiger partial charge in [-0.2, -0.15) is 0 Å². The molecule has 0 aliphatic rings. The van der Waals surface area contributed by atoms with Crippen molar-refractivity contribution in [3.8, 4) is 0 Å². The first-order valence-corrected chi connectivity index (χ1v) is 6.48. The maximum atomic E-state index is 11.8. The van der Waals surface area contributed by atoms with Crippen molar-refractivity contribution in [1.29, 1.82) is 0 Å². The largest absolute Gasteiger partial charge is 0.464 e. The number of carbonyl (C=O) groups excluding carboxylic acids is 2. The molecule has 1 N–H and O–H groups in total. The van der Waals surface area contributed by atoms with Crippen molar-refractivity contribution in [2.75, 3.05) is 13.2 Å². The van der Waals surface area contributed by atoms with E-state index in [1.165, 1.54) is 0 Å². The van der Waals surface area contributed by atoms with Crippen molar-refractivity contribution in [3.05, 3.63) is 0 Å². The van der Waals surface area contributed by atoms with Crippen molar-refractivity contribution >= 4 is 12.1 Å². The molecule has 0 aromatic heterocycles. The van der Waals surface area contributed by atoms with Gasteiger partial charge in [-0.1, -0.05) is 34.6 Å². The number of hydrogen-bond acceptors (Lipinski definition) is 4. The van der Waals surface area contributed by atoms with Crippen LogP contribution in [0.25, 0.3) is 0 Å². The average molecular weight is 259 g/mol. The van der Waals surface area contributed by atoms with E-state index in [-0.39, 0.29) is 11.8 Å². The molecule has 0 saturated heterocycles. The molecule has 0 fully saturated rings. The summed E-state index contributed by atoms with van der Waals surface area (Å²) in [5.74, 6) is -0.181. The summed E-state index contributed by atoms with van der Waals surface area (Å²) in [5.41, 5.74) is 0. The SMILES string of the molecule is CCCOC(=O)N[C@H](C(=O)OCC(C)C)C(C)C. The lowest BCUT2D eigenvalue weighted by molar-refractivity contribution is -0.148. The summed E-state index contributed by atoms with van der Waals surface area (Å²) in [7, 11) is 0. The lowest BCUT2D eigenvalue weighted by atomic mass is 10.1. The van der Waals surface area contributed by atoms with Gasteiger partial charge in [-0.15, -0.1) is 0 Å². The van der Waals surface area contributed by atoms with Crippen LogP contribution in [0.3, 0.4) is 0 Å². The van der Waals surface area contributed by atoms with E-state index in [0.717, 1.165) is 6.42 Å². The highest BCUT2D eigenvalue weighted by Crippen LogP contribution is 2.06. The molecule has 0 aromatic carbocycles. The first-order chi connectivity index (χ1) is 8.38. The molecule has 0 bridgehead atoms. The topological polar surface area (TPSA) is 64.6 Å². The van der Waals surface area contributed by atoms with E-state index in [2.05, 4.69) is 5.32 Å². The second kappa shape index (κ2) is 8.78. The van der Waals surface area contributed by atoms with E-state index in [1.807, 2.05) is 34.6 Å². The van der Waals surface area contributed by atoms with Gasteiger partial charge in [-0.05, 0) is 18.3 Å². The number of hydrogen-bond donors (Lipinski definition) is 1. The van der Waals surface area contributed by atoms with Crippen molar-refractivity contribution in [3.63, 3.8) is 0 Å². The predicted molar refractivity (Wildman–Crippen MR) is 69.2 cm³/mol. The third-order valence-corrected chi connectivity index (χ3v) is 2.19. The lowest BCUT2D eigenvalue weighted by Gasteiger charge is -2.21. The Labute approximate surface area is 109 Å². The van der Waals surface area contributed by atoms with Gasteiger partial charge in [0.1, 0.15) is 6.04 Å². The van der Waals surface area contributed by atoms with Gasteiger partial charge in [-0.3, -0.25) is 0 Å². The molecule has 5 heteroatoms. The molecule has 5 nitrogen and oxygen atoms in total. The third kappa shape index (κ3) is 7.14. The number of rotatable bonds is 7. The Morgan fingerprint density at radius 1 is 1.11 bits per heavy atom. The van der Waals surface area contributed by atoms with Gasteiger partial charge in [0, 0.05) is 0 Å². The van der Waals surface area contributed by atoms with Gasteiger partial charge in [0.15, 0.2) is 0 Å². The number of nitrogens with one attached hydrogen (secondary N) is 1. The van der Waals surface area contributed by atoms with E-state index in [0.29, 0.717) is 13.2 Å². The number of carbonyl (C=O) groups is 2. The fraction of sp³-hybridized carbons (Fsp3) is 0.846. The fourth-order valence-electron chi connectivity index (χ4n) is 1.20. The van der Waals surface area contributed by atoms with Crippen LogP contribution in [0, 0.1) is 11.8 Å². The first-order valence-electron chi connectivity index (χ1n) is 6.48. The molecule has 0 saturated carbocycles. The maximum absolute atomic E-state index is 11.8. The summed E-state index contributed by atoms with van der Waals surface area (Å²) < 4.78 is 10.0. The van der Waals surface area contributed by atoms with E-state index < -0.39 is 18.1 Å². The average Bonchev–Trinajstić information content (AvgIpc) is 2.29. The summed E-state index contributed by atoms with van der Waals surface area (Å²) in [6, 6.07) is -0.659. The van der Waals surface area contributed by atoms with Crippen molar-refractivity contribution in [2.45, 2.75) is 47.1 Å². The van der Waals surface area contributed by atoms with Crippen LogP contribution in [0.2, 0.25) is 0 Å². The fourth-order valence-corrected chi connectivity index (χ4v) is 1.20. The Morgan fingerprint density at radius 2 is 1.72 bits per heavy atom. The molecule has 0 aliphatic carbocycles. The Hall–Kier alpha value is -1.26. The highest BCUT2D eigenvalue weighted by Gasteiger charge is 2.26. The van der Waals surface area contributed by atoms with E-state index in [4.69, 9.17) is 9.47 Å². The minimum absolute atomic E-state index is 0.0427. The summed E-state index contributed by atoms with van der Waals surface area (Å²) in [6.45, 7) is 10.2. The molecular weight excluding hydrogens is 234 g/mol. The molecule has 0 spiro atoms. The van der Waals surface area contributed by atoms with Gasteiger partial charge < -0.3 is 14.8 Å². The highest BCUT2D eigenvalue weighted by atomic mass is 16.6. The Morgan fingerprint density at radius 3 is 2.17 bits per heavy atom. The molecule has 0 aromatic rings. The molecule has 1 atom stereocenters. The molecule has 18 heavy (non-hydrogen) atoms. The molecule has 0 unspecified atom stereocenters. The highest BCUT2D eigenvalue weighted by molar-refractivity contribution is 5.81. The minimum atomic E-state index is -0.659. The molecule has 1 amide bonds. The number of amides is 1. The standard InChI is InChI=1S/C13H25NO4/c1-6-7-17-13(16)14-11(10(4)5)12(15)18-8-9(2)3/h9-11H,6-8H2,1-5H3,(H,14,16)/t11-/m0/s1. The first kappa shape index (κ1) is 16.7. The molecule has 0 aliphatic heterocycles. The van der Waals surface area contributed by atoms with Crippen LogP contribution in [-0.4, -0.2) is 31.3 Å². The van der Waals surface area contributed by atoms with Gasteiger partial charge in [0.05, 0.1) is 13.2 Å². The van der Waals surface area contributed by atoms with Crippen LogP contribution < -0.4 is 5.32 Å². The van der Waals surface area contributed by atoms with E-state index in [1.54, 1.807) is 0 Å². The monoisotopic (exact) mass is 259 g/mol. The molecule has 0 radical (unpaired) electrons. The zero-order chi connectivity index (χ0) is 14.1. The van der Waals surface area contributed by atoms with Crippen LogP contribution >= 0.6 is 0 Å². The molecule has 106 valence electrons. The number of alkyl carbamates (subject to hydrolysis) is 1. The van der Waals surface area contributed by atoms with E-state index >= 15 is 0 Å². The number of ether oxygens (including phenoxy) is 2. The summed E-state index contributed by atoms with van der Waals surface area (Å²) >= 11 is 0. The Balaban J connectivity index is 4.29. The van der Waals surface area contributed by atoms with Crippen molar-refractivity contribution in [2.24, 2.45) is 11.8 Å². The van der Waals surface area contributed by atoms with Gasteiger partial charge in [0.2, 0.25) is 0 Å². The van der Waals surface area contributed by atoms with Crippen molar-refractivity contribution < 1.29 is 19.1 Å². The van der Waals surface area contributed by atoms with Crippen LogP contribution in [-0.2, 0) is 14.3 Å². The zero-order valence-corrected chi connectivity index (χ0v) is 12.0. The minimum Gasteiger partial charge on any atom is -0.464 e. The normalized spacial score (nSPS) is 12.4. The smallest absolute Gasteiger partial charge is 0.407 e. The molecule has 0 heterocycles. The van der Waals surface area contributed by atoms with E-state index in [9.17, 15) is 9.59 Å². The van der Waals surface area contributed by atoms with Crippen molar-refractivity contribution in [1.82, 2.24) is 5.32 Å². The van der Waals surface area contributed by atoms with Gasteiger partial charge in [0.25, 0.3) is 0 Å². The summed E-state index contributed by atoms with van der Waals surface area (Å²) in [5, 5.41) is 2.54. The zero-order valence-electron chi connectivity index (χ0n) is 12.0. The molecular formula is C13H25NO4. The van der Waals surface area contributed by atoms with Gasteiger partial charge >= 0.3 is 12.1 Å². The predicted octanol–water partition coefficient (Wildman–Crippen LogP) is 2.35. The maximum Gasteiger partial charge on any atom is 0.407 e. The van der Waals surface area contributed by atoms with Crippen LogP contribution in [0.5, 0.6) is 0 Å². The number of esters is 1. The molecule has 0 rings (SSSR count). The van der Waals surface area contributed by atoms with Crippen LogP contribution in [0.4, 0.5) is 4.79 Å². The summed E-state index contributed by atoms with van der Waals surface area (Å²) in [6.07, 6.45) is 0.175.